The first-order valence-corrected chi connectivity index (χ1v) is 6.04. The number of carbonyl (C=O) groups is 1. The van der Waals surface area contributed by atoms with Gasteiger partial charge >= 0.3 is 0 Å². The van der Waals surface area contributed by atoms with Gasteiger partial charge in [0.1, 0.15) is 0 Å². The van der Waals surface area contributed by atoms with Gasteiger partial charge in [0.15, 0.2) is 5.78 Å². The van der Waals surface area contributed by atoms with E-state index in [4.69, 9.17) is 17.3 Å². The minimum Gasteiger partial charge on any atom is -0.398 e. The SMILES string of the molecule is Cc1cc(C(=O)c2ccccc2C)c(N)cc1Cl. The van der Waals surface area contributed by atoms with Crippen molar-refractivity contribution in [2.45, 2.75) is 13.8 Å². The molecule has 2 rings (SSSR count). The van der Waals surface area contributed by atoms with Crippen molar-refractivity contribution in [1.82, 2.24) is 0 Å². The third-order valence-electron chi connectivity index (χ3n) is 2.97. The summed E-state index contributed by atoms with van der Waals surface area (Å²) in [6.07, 6.45) is 0. The molecule has 0 aliphatic carbocycles. The predicted molar refractivity (Wildman–Crippen MR) is 75.2 cm³/mol. The molecule has 3 heteroatoms. The summed E-state index contributed by atoms with van der Waals surface area (Å²) < 4.78 is 0. The zero-order valence-electron chi connectivity index (χ0n) is 10.3. The van der Waals surface area contributed by atoms with E-state index in [-0.39, 0.29) is 5.78 Å². The fraction of sp³-hybridized carbons (Fsp3) is 0.133. The lowest BCUT2D eigenvalue weighted by Gasteiger charge is -2.09. The molecule has 0 aliphatic rings. The Morgan fingerprint density at radius 1 is 1.06 bits per heavy atom. The second-order valence-electron chi connectivity index (χ2n) is 4.33. The number of benzene rings is 2. The van der Waals surface area contributed by atoms with Gasteiger partial charge in [-0.2, -0.15) is 0 Å². The predicted octanol–water partition coefficient (Wildman–Crippen LogP) is 3.77. The largest absolute Gasteiger partial charge is 0.398 e. The Kier molecular flexibility index (Phi) is 3.39. The molecular formula is C15H14ClNO. The zero-order chi connectivity index (χ0) is 13.3. The first-order valence-electron chi connectivity index (χ1n) is 5.66. The summed E-state index contributed by atoms with van der Waals surface area (Å²) in [5.41, 5.74) is 9.26. The lowest BCUT2D eigenvalue weighted by molar-refractivity contribution is 0.103. The molecule has 2 aromatic carbocycles. The second kappa shape index (κ2) is 4.83. The number of carbonyl (C=O) groups excluding carboxylic acids is 1. The topological polar surface area (TPSA) is 43.1 Å². The molecule has 0 saturated carbocycles. The summed E-state index contributed by atoms with van der Waals surface area (Å²) in [5.74, 6) is -0.0645. The summed E-state index contributed by atoms with van der Waals surface area (Å²) in [6, 6.07) is 10.8. The smallest absolute Gasteiger partial charge is 0.195 e. The van der Waals surface area contributed by atoms with Gasteiger partial charge in [-0.1, -0.05) is 35.9 Å². The van der Waals surface area contributed by atoms with Crippen LogP contribution in [0.25, 0.3) is 0 Å². The average molecular weight is 260 g/mol. The number of hydrogen-bond acceptors (Lipinski definition) is 2. The molecule has 0 heterocycles. The van der Waals surface area contributed by atoms with Crippen molar-refractivity contribution >= 4 is 23.1 Å². The molecule has 0 aromatic heterocycles. The van der Waals surface area contributed by atoms with Crippen LogP contribution in [0.2, 0.25) is 5.02 Å². The van der Waals surface area contributed by atoms with E-state index in [0.29, 0.717) is 21.8 Å². The first-order chi connectivity index (χ1) is 8.50. The van der Waals surface area contributed by atoms with E-state index in [2.05, 4.69) is 0 Å². The van der Waals surface area contributed by atoms with Gasteiger partial charge in [0.2, 0.25) is 0 Å². The number of anilines is 1. The molecule has 18 heavy (non-hydrogen) atoms. The Morgan fingerprint density at radius 2 is 1.72 bits per heavy atom. The van der Waals surface area contributed by atoms with Gasteiger partial charge in [-0.15, -0.1) is 0 Å². The van der Waals surface area contributed by atoms with Crippen molar-refractivity contribution in [3.05, 3.63) is 63.7 Å². The van der Waals surface area contributed by atoms with Crippen LogP contribution in [-0.2, 0) is 0 Å². The van der Waals surface area contributed by atoms with E-state index in [1.54, 1.807) is 18.2 Å². The maximum absolute atomic E-state index is 12.4. The molecule has 2 aromatic rings. The third kappa shape index (κ3) is 2.24. The van der Waals surface area contributed by atoms with E-state index >= 15 is 0 Å². The van der Waals surface area contributed by atoms with Crippen LogP contribution in [0.3, 0.4) is 0 Å². The summed E-state index contributed by atoms with van der Waals surface area (Å²) in [7, 11) is 0. The Bertz CT molecular complexity index is 620. The number of ketones is 1. The normalized spacial score (nSPS) is 10.4. The van der Waals surface area contributed by atoms with Gasteiger partial charge in [-0.05, 0) is 37.1 Å². The monoisotopic (exact) mass is 259 g/mol. The molecule has 0 bridgehead atoms. The number of rotatable bonds is 2. The van der Waals surface area contributed by atoms with Crippen LogP contribution in [0.1, 0.15) is 27.0 Å². The van der Waals surface area contributed by atoms with Crippen LogP contribution < -0.4 is 5.73 Å². The lowest BCUT2D eigenvalue weighted by atomic mass is 9.97. The molecule has 0 fully saturated rings. The van der Waals surface area contributed by atoms with Crippen LogP contribution in [0.15, 0.2) is 36.4 Å². The van der Waals surface area contributed by atoms with Gasteiger partial charge in [0.05, 0.1) is 0 Å². The number of halogens is 1. The average Bonchev–Trinajstić information content (AvgIpc) is 2.33. The molecule has 0 unspecified atom stereocenters. The molecule has 0 spiro atoms. The quantitative estimate of drug-likeness (QED) is 0.659. The van der Waals surface area contributed by atoms with Crippen LogP contribution >= 0.6 is 11.6 Å². The van der Waals surface area contributed by atoms with Gasteiger partial charge in [0, 0.05) is 21.8 Å². The van der Waals surface area contributed by atoms with Crippen molar-refractivity contribution in [2.75, 3.05) is 5.73 Å². The van der Waals surface area contributed by atoms with Crippen molar-refractivity contribution in [3.8, 4) is 0 Å². The molecular weight excluding hydrogens is 246 g/mol. The fourth-order valence-corrected chi connectivity index (χ4v) is 2.04. The van der Waals surface area contributed by atoms with Crippen molar-refractivity contribution in [3.63, 3.8) is 0 Å². The van der Waals surface area contributed by atoms with Gasteiger partial charge in [-0.25, -0.2) is 0 Å². The molecule has 0 radical (unpaired) electrons. The Hall–Kier alpha value is -1.80. The standard InChI is InChI=1S/C15H14ClNO/c1-9-5-3-4-6-11(9)15(18)12-7-10(2)13(16)8-14(12)17/h3-8H,17H2,1-2H3. The van der Waals surface area contributed by atoms with E-state index in [1.165, 1.54) is 0 Å². The number of aryl methyl sites for hydroxylation is 2. The minimum absolute atomic E-state index is 0.0645. The van der Waals surface area contributed by atoms with Crippen molar-refractivity contribution < 1.29 is 4.79 Å². The summed E-state index contributed by atoms with van der Waals surface area (Å²) >= 11 is 5.98. The molecule has 2 nitrogen and oxygen atoms in total. The minimum atomic E-state index is -0.0645. The molecule has 0 aliphatic heterocycles. The second-order valence-corrected chi connectivity index (χ2v) is 4.74. The summed E-state index contributed by atoms with van der Waals surface area (Å²) in [6.45, 7) is 3.77. The summed E-state index contributed by atoms with van der Waals surface area (Å²) in [5, 5.41) is 0.578. The maximum atomic E-state index is 12.4. The first kappa shape index (κ1) is 12.7. The van der Waals surface area contributed by atoms with E-state index in [9.17, 15) is 4.79 Å². The van der Waals surface area contributed by atoms with Crippen molar-refractivity contribution in [2.24, 2.45) is 0 Å². The third-order valence-corrected chi connectivity index (χ3v) is 3.37. The Balaban J connectivity index is 2.53. The zero-order valence-corrected chi connectivity index (χ0v) is 11.1. The highest BCUT2D eigenvalue weighted by molar-refractivity contribution is 6.32. The van der Waals surface area contributed by atoms with E-state index < -0.39 is 0 Å². The highest BCUT2D eigenvalue weighted by Crippen LogP contribution is 2.25. The number of nitrogens with two attached hydrogens (primary N) is 1. The highest BCUT2D eigenvalue weighted by atomic mass is 35.5. The molecule has 2 N–H and O–H groups in total. The van der Waals surface area contributed by atoms with Crippen LogP contribution in [0.5, 0.6) is 0 Å². The molecule has 92 valence electrons. The van der Waals surface area contributed by atoms with Crippen LogP contribution in [0.4, 0.5) is 5.69 Å². The Labute approximate surface area is 111 Å². The maximum Gasteiger partial charge on any atom is 0.195 e. The van der Waals surface area contributed by atoms with Gasteiger partial charge in [0.25, 0.3) is 0 Å². The van der Waals surface area contributed by atoms with E-state index in [1.807, 2.05) is 32.0 Å². The van der Waals surface area contributed by atoms with E-state index in [0.717, 1.165) is 11.1 Å². The number of nitrogen functional groups attached to an aromatic ring is 1. The molecule has 0 amide bonds. The van der Waals surface area contributed by atoms with Crippen LogP contribution in [-0.4, -0.2) is 5.78 Å². The van der Waals surface area contributed by atoms with Gasteiger partial charge in [-0.3, -0.25) is 4.79 Å². The van der Waals surface area contributed by atoms with Crippen molar-refractivity contribution in [1.29, 1.82) is 0 Å². The number of hydrogen-bond donors (Lipinski definition) is 1. The van der Waals surface area contributed by atoms with Crippen LogP contribution in [0, 0.1) is 13.8 Å². The Morgan fingerprint density at radius 3 is 2.39 bits per heavy atom. The van der Waals surface area contributed by atoms with Gasteiger partial charge < -0.3 is 5.73 Å². The molecule has 0 atom stereocenters. The fourth-order valence-electron chi connectivity index (χ4n) is 1.87. The summed E-state index contributed by atoms with van der Waals surface area (Å²) in [4.78, 5) is 12.4. The molecule has 0 saturated heterocycles. The highest BCUT2D eigenvalue weighted by Gasteiger charge is 2.15. The lowest BCUT2D eigenvalue weighted by Crippen LogP contribution is -2.07.